The average Bonchev–Trinajstić information content (AvgIpc) is 2.80. The molecule has 0 saturated carbocycles. The quantitative estimate of drug-likeness (QED) is 0.193. The number of benzene rings is 3. The van der Waals surface area contributed by atoms with Gasteiger partial charge in [0.05, 0.1) is 18.4 Å². The number of hydrogen-bond acceptors (Lipinski definition) is 5. The van der Waals surface area contributed by atoms with E-state index in [4.69, 9.17) is 9.47 Å². The second-order valence-electron chi connectivity index (χ2n) is 6.96. The lowest BCUT2D eigenvalue weighted by atomic mass is 10.1. The van der Waals surface area contributed by atoms with E-state index in [-0.39, 0.29) is 5.91 Å². The number of carbonyl (C=O) groups is 2. The summed E-state index contributed by atoms with van der Waals surface area (Å²) in [4.78, 5) is 24.9. The second-order valence-corrected chi connectivity index (χ2v) is 7.87. The van der Waals surface area contributed by atoms with Crippen LogP contribution in [0.3, 0.4) is 0 Å². The minimum atomic E-state index is -0.463. The first-order chi connectivity index (χ1) is 15.5. The molecule has 0 radical (unpaired) electrons. The molecule has 3 rings (SSSR count). The largest absolute Gasteiger partial charge is 0.494 e. The summed E-state index contributed by atoms with van der Waals surface area (Å²) < 4.78 is 11.9. The predicted molar refractivity (Wildman–Crippen MR) is 128 cm³/mol. The maximum Gasteiger partial charge on any atom is 0.343 e. The van der Waals surface area contributed by atoms with Crippen LogP contribution in [-0.4, -0.2) is 24.7 Å². The van der Waals surface area contributed by atoms with Crippen molar-refractivity contribution in [3.05, 3.63) is 93.5 Å². The topological polar surface area (TPSA) is 77.0 Å². The molecule has 6 nitrogen and oxygen atoms in total. The Morgan fingerprint density at radius 2 is 1.81 bits per heavy atom. The Morgan fingerprint density at radius 3 is 2.53 bits per heavy atom. The molecular weight excluding hydrogens is 472 g/mol. The Balaban J connectivity index is 1.69. The first kappa shape index (κ1) is 23.2. The maximum atomic E-state index is 12.6. The molecule has 0 saturated heterocycles. The Kier molecular flexibility index (Phi) is 8.16. The number of ether oxygens (including phenoxy) is 2. The van der Waals surface area contributed by atoms with E-state index in [1.165, 1.54) is 6.21 Å². The van der Waals surface area contributed by atoms with E-state index in [2.05, 4.69) is 26.5 Å². The zero-order chi connectivity index (χ0) is 22.9. The molecule has 0 aromatic heterocycles. The van der Waals surface area contributed by atoms with Gasteiger partial charge in [-0.3, -0.25) is 4.79 Å². The number of hydrazone groups is 1. The summed E-state index contributed by atoms with van der Waals surface area (Å²) in [6, 6.07) is 19.2. The number of nitrogens with zero attached hydrogens (tertiary/aromatic N) is 1. The van der Waals surface area contributed by atoms with Crippen LogP contribution in [0.25, 0.3) is 0 Å². The highest BCUT2D eigenvalue weighted by molar-refractivity contribution is 9.10. The molecule has 0 aliphatic carbocycles. The van der Waals surface area contributed by atoms with Crippen molar-refractivity contribution in [1.29, 1.82) is 0 Å². The van der Waals surface area contributed by atoms with Crippen molar-refractivity contribution in [2.24, 2.45) is 5.10 Å². The molecule has 1 N–H and O–H groups in total. The molecule has 7 heteroatoms. The molecule has 1 amide bonds. The fourth-order valence-electron chi connectivity index (χ4n) is 2.82. The number of rotatable bonds is 8. The molecule has 0 heterocycles. The fourth-order valence-corrected chi connectivity index (χ4v) is 3.20. The van der Waals surface area contributed by atoms with E-state index in [9.17, 15) is 9.59 Å². The molecule has 3 aromatic carbocycles. The molecule has 0 spiro atoms. The van der Waals surface area contributed by atoms with Gasteiger partial charge in [-0.25, -0.2) is 10.2 Å². The molecule has 0 unspecified atom stereocenters. The third kappa shape index (κ3) is 6.28. The normalized spacial score (nSPS) is 10.7. The highest BCUT2D eigenvalue weighted by Crippen LogP contribution is 2.23. The number of amides is 1. The van der Waals surface area contributed by atoms with Crippen molar-refractivity contribution in [2.75, 3.05) is 6.61 Å². The van der Waals surface area contributed by atoms with Crippen molar-refractivity contribution in [3.8, 4) is 11.5 Å². The van der Waals surface area contributed by atoms with Crippen LogP contribution in [0.1, 0.15) is 45.2 Å². The van der Waals surface area contributed by atoms with Gasteiger partial charge in [0.2, 0.25) is 0 Å². The van der Waals surface area contributed by atoms with Gasteiger partial charge in [-0.05, 0) is 67.4 Å². The van der Waals surface area contributed by atoms with Crippen LogP contribution < -0.4 is 14.9 Å². The molecule has 3 aromatic rings. The van der Waals surface area contributed by atoms with Crippen molar-refractivity contribution in [3.63, 3.8) is 0 Å². The lowest BCUT2D eigenvalue weighted by molar-refractivity contribution is 0.0733. The average molecular weight is 495 g/mol. The van der Waals surface area contributed by atoms with E-state index >= 15 is 0 Å². The molecule has 0 aliphatic heterocycles. The standard InChI is InChI=1S/C25H23BrN2O4/c1-3-14-31-21-11-8-18(9-12-21)24(29)28-27-16-19-15-20(26)10-13-23(19)32-25(30)22-7-5-4-6-17(22)2/h4-13,15-16H,3,14H2,1-2H3,(H,28,29). The van der Waals surface area contributed by atoms with Gasteiger partial charge in [0.1, 0.15) is 11.5 Å². The number of aryl methyl sites for hydroxylation is 1. The van der Waals surface area contributed by atoms with E-state index in [1.807, 2.05) is 26.0 Å². The fraction of sp³-hybridized carbons (Fsp3) is 0.160. The van der Waals surface area contributed by atoms with Crippen molar-refractivity contribution in [2.45, 2.75) is 20.3 Å². The van der Waals surface area contributed by atoms with Crippen molar-refractivity contribution in [1.82, 2.24) is 5.43 Å². The summed E-state index contributed by atoms with van der Waals surface area (Å²) in [5, 5.41) is 4.02. The van der Waals surface area contributed by atoms with Gasteiger partial charge >= 0.3 is 5.97 Å². The van der Waals surface area contributed by atoms with Gasteiger partial charge in [-0.2, -0.15) is 5.10 Å². The van der Waals surface area contributed by atoms with Crippen LogP contribution in [0.5, 0.6) is 11.5 Å². The SMILES string of the molecule is CCCOc1ccc(C(=O)NN=Cc2cc(Br)ccc2OC(=O)c2ccccc2C)cc1. The third-order valence-electron chi connectivity index (χ3n) is 4.50. The summed E-state index contributed by atoms with van der Waals surface area (Å²) in [7, 11) is 0. The van der Waals surface area contributed by atoms with Crippen LogP contribution in [0, 0.1) is 6.92 Å². The van der Waals surface area contributed by atoms with Gasteiger partial charge in [-0.15, -0.1) is 0 Å². The smallest absolute Gasteiger partial charge is 0.343 e. The number of nitrogens with one attached hydrogen (secondary N) is 1. The van der Waals surface area contributed by atoms with Crippen molar-refractivity contribution < 1.29 is 19.1 Å². The Labute approximate surface area is 195 Å². The Hall–Kier alpha value is -3.45. The number of hydrogen-bond donors (Lipinski definition) is 1. The summed E-state index contributed by atoms with van der Waals surface area (Å²) >= 11 is 3.40. The highest BCUT2D eigenvalue weighted by Gasteiger charge is 2.13. The minimum Gasteiger partial charge on any atom is -0.494 e. The monoisotopic (exact) mass is 494 g/mol. The highest BCUT2D eigenvalue weighted by atomic mass is 79.9. The number of halogens is 1. The molecule has 0 atom stereocenters. The molecular formula is C25H23BrN2O4. The first-order valence-electron chi connectivity index (χ1n) is 10.1. The summed E-state index contributed by atoms with van der Waals surface area (Å²) in [6.07, 6.45) is 2.34. The molecule has 164 valence electrons. The Morgan fingerprint density at radius 1 is 1.06 bits per heavy atom. The van der Waals surface area contributed by atoms with Crippen LogP contribution in [0.4, 0.5) is 0 Å². The van der Waals surface area contributed by atoms with E-state index in [0.29, 0.717) is 34.8 Å². The zero-order valence-corrected chi connectivity index (χ0v) is 19.4. The van der Waals surface area contributed by atoms with Crippen LogP contribution in [-0.2, 0) is 0 Å². The van der Waals surface area contributed by atoms with Crippen LogP contribution >= 0.6 is 15.9 Å². The molecule has 32 heavy (non-hydrogen) atoms. The maximum absolute atomic E-state index is 12.6. The Bertz CT molecular complexity index is 1130. The minimum absolute atomic E-state index is 0.330. The van der Waals surface area contributed by atoms with Gasteiger partial charge < -0.3 is 9.47 Å². The van der Waals surface area contributed by atoms with Crippen LogP contribution in [0.2, 0.25) is 0 Å². The number of carbonyl (C=O) groups excluding carboxylic acids is 2. The predicted octanol–water partition coefficient (Wildman–Crippen LogP) is 5.53. The third-order valence-corrected chi connectivity index (χ3v) is 4.99. The molecule has 0 fully saturated rings. The van der Waals surface area contributed by atoms with Gasteiger partial charge in [-0.1, -0.05) is 41.1 Å². The van der Waals surface area contributed by atoms with Crippen LogP contribution in [0.15, 0.2) is 76.3 Å². The first-order valence-corrected chi connectivity index (χ1v) is 10.9. The van der Waals surface area contributed by atoms with Gasteiger partial charge in [0, 0.05) is 15.6 Å². The summed E-state index contributed by atoms with van der Waals surface area (Å²) in [5.74, 6) is 0.212. The lowest BCUT2D eigenvalue weighted by Crippen LogP contribution is -2.17. The zero-order valence-electron chi connectivity index (χ0n) is 17.8. The van der Waals surface area contributed by atoms with E-state index in [0.717, 1.165) is 16.5 Å². The van der Waals surface area contributed by atoms with Gasteiger partial charge in [0.25, 0.3) is 5.91 Å². The van der Waals surface area contributed by atoms with E-state index in [1.54, 1.807) is 54.6 Å². The van der Waals surface area contributed by atoms with E-state index < -0.39 is 5.97 Å². The van der Waals surface area contributed by atoms with Gasteiger partial charge in [0.15, 0.2) is 0 Å². The molecule has 0 aliphatic rings. The lowest BCUT2D eigenvalue weighted by Gasteiger charge is -2.09. The van der Waals surface area contributed by atoms with Crippen molar-refractivity contribution >= 4 is 34.0 Å². The second kappa shape index (κ2) is 11.2. The summed E-state index contributed by atoms with van der Waals surface area (Å²) in [6.45, 7) is 4.50. The number of esters is 1. The molecule has 0 bridgehead atoms. The summed E-state index contributed by atoms with van der Waals surface area (Å²) in [5.41, 5.74) is 4.77.